The van der Waals surface area contributed by atoms with Crippen LogP contribution < -0.4 is 10.6 Å². The zero-order valence-corrected chi connectivity index (χ0v) is 10.8. The van der Waals surface area contributed by atoms with E-state index in [0.717, 1.165) is 0 Å². The first kappa shape index (κ1) is 16.4. The lowest BCUT2D eigenvalue weighted by Gasteiger charge is -2.08. The minimum Gasteiger partial charge on any atom is -0.322 e. The number of hydrogen-bond acceptors (Lipinski definition) is 2. The lowest BCUT2D eigenvalue weighted by atomic mass is 10.2. The molecule has 20 heavy (non-hydrogen) atoms. The molecule has 1 rings (SSSR count). The lowest BCUT2D eigenvalue weighted by molar-refractivity contribution is -0.135. The van der Waals surface area contributed by atoms with Gasteiger partial charge in [0.25, 0.3) is 0 Å². The molecule has 0 aliphatic carbocycles. The Bertz CT molecular complexity index is 435. The van der Waals surface area contributed by atoms with Crippen molar-refractivity contribution in [2.75, 3.05) is 18.4 Å². The van der Waals surface area contributed by atoms with Crippen LogP contribution in [0, 0.1) is 5.82 Å². The van der Waals surface area contributed by atoms with Gasteiger partial charge in [-0.25, -0.2) is 4.39 Å². The topological polar surface area (TPSA) is 41.1 Å². The van der Waals surface area contributed by atoms with Gasteiger partial charge in [0.2, 0.25) is 5.91 Å². The van der Waals surface area contributed by atoms with Crippen molar-refractivity contribution in [2.45, 2.75) is 25.4 Å². The normalized spacial score (nSPS) is 11.4. The Morgan fingerprint density at radius 3 is 2.50 bits per heavy atom. The number of halogens is 4. The highest BCUT2D eigenvalue weighted by molar-refractivity contribution is 5.92. The summed E-state index contributed by atoms with van der Waals surface area (Å²) in [6.07, 6.45) is -4.61. The number of rotatable bonds is 7. The summed E-state index contributed by atoms with van der Waals surface area (Å²) in [5, 5.41) is 5.08. The van der Waals surface area contributed by atoms with Crippen molar-refractivity contribution < 1.29 is 22.4 Å². The number of alkyl halides is 3. The van der Waals surface area contributed by atoms with Crippen LogP contribution in [-0.4, -0.2) is 25.2 Å². The summed E-state index contributed by atoms with van der Waals surface area (Å²) in [6, 6.07) is 5.74. The molecule has 1 aromatic carbocycles. The van der Waals surface area contributed by atoms with E-state index in [4.69, 9.17) is 0 Å². The maximum absolute atomic E-state index is 13.2. The maximum atomic E-state index is 13.2. The maximum Gasteiger partial charge on any atom is 0.389 e. The zero-order valence-electron chi connectivity index (χ0n) is 10.8. The van der Waals surface area contributed by atoms with Gasteiger partial charge in [0, 0.05) is 6.42 Å². The van der Waals surface area contributed by atoms with Gasteiger partial charge in [0.15, 0.2) is 0 Å². The Balaban J connectivity index is 2.14. The number of nitrogens with one attached hydrogen (secondary N) is 2. The van der Waals surface area contributed by atoms with Gasteiger partial charge in [0.1, 0.15) is 5.82 Å². The molecule has 0 aliphatic rings. The highest BCUT2D eigenvalue weighted by atomic mass is 19.4. The molecule has 0 spiro atoms. The molecule has 1 aromatic rings. The molecule has 0 radical (unpaired) electrons. The SMILES string of the molecule is O=C(CNCCCCC(F)(F)F)Nc1ccccc1F. The lowest BCUT2D eigenvalue weighted by Crippen LogP contribution is -2.29. The van der Waals surface area contributed by atoms with E-state index in [1.165, 1.54) is 18.2 Å². The van der Waals surface area contributed by atoms with E-state index in [-0.39, 0.29) is 18.7 Å². The number of amides is 1. The zero-order chi connectivity index (χ0) is 15.0. The van der Waals surface area contributed by atoms with Crippen LogP contribution in [0.1, 0.15) is 19.3 Å². The van der Waals surface area contributed by atoms with E-state index in [1.54, 1.807) is 6.07 Å². The molecule has 3 nitrogen and oxygen atoms in total. The minimum atomic E-state index is -4.14. The second kappa shape index (κ2) is 7.84. The number of carbonyl (C=O) groups excluding carboxylic acids is 1. The quantitative estimate of drug-likeness (QED) is 0.599. The standard InChI is InChI=1S/C13H16F4N2O/c14-10-5-1-2-6-11(10)19-12(20)9-18-8-4-3-7-13(15,16)17/h1-2,5-6,18H,3-4,7-9H2,(H,19,20). The van der Waals surface area contributed by atoms with Crippen molar-refractivity contribution in [1.82, 2.24) is 5.32 Å². The van der Waals surface area contributed by atoms with E-state index >= 15 is 0 Å². The molecule has 0 heterocycles. The van der Waals surface area contributed by atoms with Crippen molar-refractivity contribution in [3.63, 3.8) is 0 Å². The first-order chi connectivity index (χ1) is 9.38. The van der Waals surface area contributed by atoms with Gasteiger partial charge in [-0.15, -0.1) is 0 Å². The molecule has 112 valence electrons. The molecule has 0 unspecified atom stereocenters. The minimum absolute atomic E-state index is 0.0193. The van der Waals surface area contributed by atoms with Crippen LogP contribution >= 0.6 is 0 Å². The van der Waals surface area contributed by atoms with Crippen LogP contribution in [0.4, 0.5) is 23.2 Å². The van der Waals surface area contributed by atoms with Crippen LogP contribution in [0.15, 0.2) is 24.3 Å². The summed E-state index contributed by atoms with van der Waals surface area (Å²) in [4.78, 5) is 11.4. The molecule has 7 heteroatoms. The average Bonchev–Trinajstić information content (AvgIpc) is 2.35. The van der Waals surface area contributed by atoms with Gasteiger partial charge in [0.05, 0.1) is 12.2 Å². The summed E-state index contributed by atoms with van der Waals surface area (Å²) in [5.74, 6) is -0.975. The van der Waals surface area contributed by atoms with Crippen LogP contribution in [0.5, 0.6) is 0 Å². The highest BCUT2D eigenvalue weighted by Gasteiger charge is 2.25. The van der Waals surface area contributed by atoms with Crippen molar-refractivity contribution in [1.29, 1.82) is 0 Å². The molecule has 0 aromatic heterocycles. The first-order valence-electron chi connectivity index (χ1n) is 6.20. The number of unbranched alkanes of at least 4 members (excludes halogenated alkanes) is 1. The average molecular weight is 292 g/mol. The number of hydrogen-bond donors (Lipinski definition) is 2. The fourth-order valence-electron chi connectivity index (χ4n) is 1.53. The molecule has 0 aliphatic heterocycles. The third-order valence-corrected chi connectivity index (χ3v) is 2.50. The van der Waals surface area contributed by atoms with Crippen molar-refractivity contribution in [3.05, 3.63) is 30.1 Å². The van der Waals surface area contributed by atoms with Crippen LogP contribution in [0.3, 0.4) is 0 Å². The smallest absolute Gasteiger partial charge is 0.322 e. The predicted molar refractivity (Wildman–Crippen MR) is 67.8 cm³/mol. The third-order valence-electron chi connectivity index (χ3n) is 2.50. The predicted octanol–water partition coefficient (Wildman–Crippen LogP) is 3.09. The Hall–Kier alpha value is -1.63. The fourth-order valence-corrected chi connectivity index (χ4v) is 1.53. The van der Waals surface area contributed by atoms with Crippen molar-refractivity contribution >= 4 is 11.6 Å². The summed E-state index contributed by atoms with van der Waals surface area (Å²) < 4.78 is 48.8. The van der Waals surface area contributed by atoms with E-state index in [2.05, 4.69) is 10.6 Å². The summed E-state index contributed by atoms with van der Waals surface area (Å²) in [5.41, 5.74) is 0.0800. The molecule has 0 bridgehead atoms. The number of benzene rings is 1. The third kappa shape index (κ3) is 7.08. The molecule has 0 fully saturated rings. The van der Waals surface area contributed by atoms with Gasteiger partial charge >= 0.3 is 6.18 Å². The van der Waals surface area contributed by atoms with E-state index in [1.807, 2.05) is 0 Å². The van der Waals surface area contributed by atoms with E-state index < -0.39 is 24.3 Å². The molecular weight excluding hydrogens is 276 g/mol. The molecule has 0 saturated heterocycles. The Morgan fingerprint density at radius 1 is 1.15 bits per heavy atom. The number of anilines is 1. The summed E-state index contributed by atoms with van der Waals surface area (Å²) in [7, 11) is 0. The van der Waals surface area contributed by atoms with Gasteiger partial charge in [-0.3, -0.25) is 4.79 Å². The van der Waals surface area contributed by atoms with Crippen molar-refractivity contribution in [3.8, 4) is 0 Å². The largest absolute Gasteiger partial charge is 0.389 e. The van der Waals surface area contributed by atoms with Gasteiger partial charge in [-0.1, -0.05) is 12.1 Å². The van der Waals surface area contributed by atoms with Gasteiger partial charge in [-0.2, -0.15) is 13.2 Å². The van der Waals surface area contributed by atoms with Crippen LogP contribution in [0.25, 0.3) is 0 Å². The van der Waals surface area contributed by atoms with Crippen LogP contribution in [-0.2, 0) is 4.79 Å². The second-order valence-electron chi connectivity index (χ2n) is 4.28. The number of para-hydroxylation sites is 1. The Kier molecular flexibility index (Phi) is 6.44. The Morgan fingerprint density at radius 2 is 1.85 bits per heavy atom. The highest BCUT2D eigenvalue weighted by Crippen LogP contribution is 2.21. The van der Waals surface area contributed by atoms with E-state index in [0.29, 0.717) is 13.0 Å². The second-order valence-corrected chi connectivity index (χ2v) is 4.28. The molecule has 1 amide bonds. The number of carbonyl (C=O) groups is 1. The summed E-state index contributed by atoms with van der Waals surface area (Å²) >= 11 is 0. The fraction of sp³-hybridized carbons (Fsp3) is 0.462. The van der Waals surface area contributed by atoms with Crippen LogP contribution in [0.2, 0.25) is 0 Å². The van der Waals surface area contributed by atoms with E-state index in [9.17, 15) is 22.4 Å². The van der Waals surface area contributed by atoms with Gasteiger partial charge in [-0.05, 0) is 31.5 Å². The first-order valence-corrected chi connectivity index (χ1v) is 6.20. The van der Waals surface area contributed by atoms with Gasteiger partial charge < -0.3 is 10.6 Å². The molecular formula is C13H16F4N2O. The summed E-state index contributed by atoms with van der Waals surface area (Å²) in [6.45, 7) is 0.237. The van der Waals surface area contributed by atoms with Crippen molar-refractivity contribution in [2.24, 2.45) is 0 Å². The molecule has 2 N–H and O–H groups in total. The molecule has 0 saturated carbocycles. The molecule has 0 atom stereocenters. The monoisotopic (exact) mass is 292 g/mol. The Labute approximate surface area is 114 Å².